The minimum Gasteiger partial charge on any atom is -0.379 e. The Morgan fingerprint density at radius 1 is 0.976 bits per heavy atom. The summed E-state index contributed by atoms with van der Waals surface area (Å²) < 4.78 is 15.6. The van der Waals surface area contributed by atoms with E-state index in [0.717, 1.165) is 56.0 Å². The van der Waals surface area contributed by atoms with E-state index in [1.165, 1.54) is 23.0 Å². The highest BCUT2D eigenvalue weighted by molar-refractivity contribution is 6.03. The van der Waals surface area contributed by atoms with Crippen LogP contribution in [0.25, 0.3) is 5.65 Å². The highest BCUT2D eigenvalue weighted by Gasteiger charge is 2.27. The number of amides is 1. The molecule has 0 unspecified atom stereocenters. The van der Waals surface area contributed by atoms with Crippen LogP contribution in [0.3, 0.4) is 0 Å². The third-order valence-electron chi connectivity index (χ3n) is 7.94. The van der Waals surface area contributed by atoms with E-state index in [1.807, 2.05) is 18.2 Å². The SMILES string of the molecule is N[C@@H](Cc1cccnc1)C(=O)CC1CCC(Nc2cc(NC3CC3)c3ncc(C(=O)Nc4ccncc4F)n3n2)CC1. The lowest BCUT2D eigenvalue weighted by molar-refractivity contribution is -0.121. The molecule has 0 saturated heterocycles. The number of rotatable bonds is 11. The monoisotopic (exact) mass is 571 g/mol. The molecule has 12 heteroatoms. The first kappa shape index (κ1) is 27.7. The Labute approximate surface area is 242 Å². The van der Waals surface area contributed by atoms with Crippen LogP contribution in [0.4, 0.5) is 21.6 Å². The molecule has 1 atom stereocenters. The van der Waals surface area contributed by atoms with Crippen LogP contribution in [0.15, 0.2) is 55.2 Å². The van der Waals surface area contributed by atoms with Crippen LogP contribution in [-0.4, -0.2) is 54.4 Å². The fraction of sp³-hybridized carbons (Fsp3) is 0.400. The summed E-state index contributed by atoms with van der Waals surface area (Å²) >= 11 is 0. The number of nitrogens with zero attached hydrogens (tertiary/aromatic N) is 5. The van der Waals surface area contributed by atoms with E-state index < -0.39 is 17.8 Å². The number of anilines is 3. The highest BCUT2D eigenvalue weighted by atomic mass is 19.1. The Morgan fingerprint density at radius 3 is 2.48 bits per heavy atom. The summed E-state index contributed by atoms with van der Waals surface area (Å²) in [6.45, 7) is 0. The first-order chi connectivity index (χ1) is 20.4. The number of hydrogen-bond acceptors (Lipinski definition) is 9. The van der Waals surface area contributed by atoms with Crippen LogP contribution in [0.1, 0.15) is 61.0 Å². The number of Topliss-reactive ketones (excluding diaryl/α,β-unsaturated/α-hetero) is 1. The van der Waals surface area contributed by atoms with Gasteiger partial charge in [0.05, 0.1) is 29.8 Å². The Balaban J connectivity index is 1.11. The number of pyridine rings is 2. The fourth-order valence-electron chi connectivity index (χ4n) is 5.45. The number of nitrogens with one attached hydrogen (secondary N) is 3. The lowest BCUT2D eigenvalue weighted by Crippen LogP contribution is -2.35. The molecule has 5 N–H and O–H groups in total. The molecule has 42 heavy (non-hydrogen) atoms. The van der Waals surface area contributed by atoms with Crippen molar-refractivity contribution in [3.05, 3.63) is 72.3 Å². The molecule has 218 valence electrons. The average Bonchev–Trinajstić information content (AvgIpc) is 3.70. The van der Waals surface area contributed by atoms with Gasteiger partial charge in [0, 0.05) is 43.2 Å². The molecule has 2 fully saturated rings. The summed E-state index contributed by atoms with van der Waals surface area (Å²) in [4.78, 5) is 38.2. The van der Waals surface area contributed by atoms with E-state index in [2.05, 4.69) is 30.9 Å². The number of fused-ring (bicyclic) bond motifs is 1. The molecular weight excluding hydrogens is 537 g/mol. The topological polar surface area (TPSA) is 152 Å². The normalized spacial score (nSPS) is 19.3. The van der Waals surface area contributed by atoms with Gasteiger partial charge in [-0.3, -0.25) is 19.6 Å². The van der Waals surface area contributed by atoms with Gasteiger partial charge in [0.2, 0.25) is 0 Å². The molecule has 11 nitrogen and oxygen atoms in total. The molecule has 4 aromatic heterocycles. The van der Waals surface area contributed by atoms with Crippen LogP contribution in [-0.2, 0) is 11.2 Å². The molecule has 2 saturated carbocycles. The molecule has 1 amide bonds. The van der Waals surface area contributed by atoms with Crippen LogP contribution in [0.5, 0.6) is 0 Å². The van der Waals surface area contributed by atoms with Gasteiger partial charge in [-0.05, 0) is 68.6 Å². The van der Waals surface area contributed by atoms with Gasteiger partial charge in [-0.1, -0.05) is 6.07 Å². The minimum atomic E-state index is -0.626. The van der Waals surface area contributed by atoms with Crippen molar-refractivity contribution in [2.45, 2.75) is 69.5 Å². The maximum absolute atomic E-state index is 14.1. The summed E-state index contributed by atoms with van der Waals surface area (Å²) in [6, 6.07) is 7.13. The molecule has 0 bridgehead atoms. The van der Waals surface area contributed by atoms with Gasteiger partial charge >= 0.3 is 0 Å². The maximum atomic E-state index is 14.1. The second-order valence-corrected chi connectivity index (χ2v) is 11.3. The molecular formula is C30H34FN9O2. The van der Waals surface area contributed by atoms with Crippen molar-refractivity contribution < 1.29 is 14.0 Å². The number of carbonyl (C=O) groups is 2. The Bertz CT molecular complexity index is 1570. The molecule has 6 rings (SSSR count). The number of nitrogens with two attached hydrogens (primary N) is 1. The zero-order valence-electron chi connectivity index (χ0n) is 23.2. The van der Waals surface area contributed by atoms with E-state index in [0.29, 0.717) is 36.3 Å². The molecule has 4 heterocycles. The number of ketones is 1. The van der Waals surface area contributed by atoms with Gasteiger partial charge in [-0.15, -0.1) is 5.10 Å². The lowest BCUT2D eigenvalue weighted by atomic mass is 9.82. The van der Waals surface area contributed by atoms with E-state index in [-0.39, 0.29) is 23.2 Å². The predicted molar refractivity (Wildman–Crippen MR) is 157 cm³/mol. The zero-order chi connectivity index (χ0) is 29.1. The number of hydrogen-bond donors (Lipinski definition) is 4. The van der Waals surface area contributed by atoms with Crippen molar-refractivity contribution in [2.75, 3.05) is 16.0 Å². The van der Waals surface area contributed by atoms with E-state index in [1.54, 1.807) is 12.4 Å². The van der Waals surface area contributed by atoms with E-state index in [9.17, 15) is 14.0 Å². The second kappa shape index (κ2) is 12.2. The van der Waals surface area contributed by atoms with Crippen molar-refractivity contribution in [3.63, 3.8) is 0 Å². The van der Waals surface area contributed by atoms with Gasteiger partial charge in [0.15, 0.2) is 17.2 Å². The van der Waals surface area contributed by atoms with Crippen molar-refractivity contribution in [3.8, 4) is 0 Å². The summed E-state index contributed by atoms with van der Waals surface area (Å²) in [5, 5.41) is 14.3. The van der Waals surface area contributed by atoms with E-state index in [4.69, 9.17) is 10.8 Å². The number of carbonyl (C=O) groups excluding carboxylic acids is 2. The summed E-state index contributed by atoms with van der Waals surface area (Å²) in [5.74, 6) is -0.141. The van der Waals surface area contributed by atoms with E-state index >= 15 is 0 Å². The molecule has 0 aromatic carbocycles. The Morgan fingerprint density at radius 2 is 1.74 bits per heavy atom. The van der Waals surface area contributed by atoms with Gasteiger partial charge in [-0.2, -0.15) is 0 Å². The van der Waals surface area contributed by atoms with Gasteiger partial charge in [-0.25, -0.2) is 13.9 Å². The summed E-state index contributed by atoms with van der Waals surface area (Å²) in [6.07, 6.45) is 14.1. The highest BCUT2D eigenvalue weighted by Crippen LogP contribution is 2.32. The fourth-order valence-corrected chi connectivity index (χ4v) is 5.45. The van der Waals surface area contributed by atoms with Crippen LogP contribution in [0.2, 0.25) is 0 Å². The van der Waals surface area contributed by atoms with Crippen molar-refractivity contribution in [1.29, 1.82) is 0 Å². The Kier molecular flexibility index (Phi) is 8.04. The van der Waals surface area contributed by atoms with Crippen molar-refractivity contribution in [2.24, 2.45) is 11.7 Å². The average molecular weight is 572 g/mol. The van der Waals surface area contributed by atoms with Gasteiger partial charge in [0.1, 0.15) is 11.6 Å². The summed E-state index contributed by atoms with van der Waals surface area (Å²) in [5.41, 5.74) is 8.70. The molecule has 0 spiro atoms. The van der Waals surface area contributed by atoms with Crippen molar-refractivity contribution in [1.82, 2.24) is 24.6 Å². The first-order valence-corrected chi connectivity index (χ1v) is 14.4. The minimum absolute atomic E-state index is 0.0313. The smallest absolute Gasteiger partial charge is 0.276 e. The van der Waals surface area contributed by atoms with Crippen molar-refractivity contribution >= 4 is 34.5 Å². The van der Waals surface area contributed by atoms with Crippen LogP contribution in [0, 0.1) is 11.7 Å². The third-order valence-corrected chi connectivity index (χ3v) is 7.94. The molecule has 0 radical (unpaired) electrons. The standard InChI is InChI=1S/C30H34FN9O2/c31-22-16-34-11-9-24(22)38-30(42)26-17-35-29-25(36-20-7-8-20)14-28(39-40(26)29)37-21-5-3-18(4-6-21)13-27(41)23(32)12-19-2-1-10-33-15-19/h1-2,9-11,14-18,20-21,23,36H,3-8,12-13,32H2,(H,37,39)(H,34,38,42)/t18?,21?,23-/m0/s1. The third kappa shape index (κ3) is 6.54. The number of aromatic nitrogens is 5. The molecule has 2 aliphatic carbocycles. The number of halogens is 1. The zero-order valence-corrected chi connectivity index (χ0v) is 23.2. The largest absolute Gasteiger partial charge is 0.379 e. The lowest BCUT2D eigenvalue weighted by Gasteiger charge is -2.29. The second-order valence-electron chi connectivity index (χ2n) is 11.3. The summed E-state index contributed by atoms with van der Waals surface area (Å²) in [7, 11) is 0. The molecule has 2 aliphatic rings. The predicted octanol–water partition coefficient (Wildman–Crippen LogP) is 3.98. The number of imidazole rings is 1. The Hall–Kier alpha value is -4.45. The molecule has 0 aliphatic heterocycles. The molecule has 4 aromatic rings. The first-order valence-electron chi connectivity index (χ1n) is 14.4. The maximum Gasteiger partial charge on any atom is 0.276 e. The van der Waals surface area contributed by atoms with Gasteiger partial charge in [0.25, 0.3) is 5.91 Å². The van der Waals surface area contributed by atoms with Crippen LogP contribution >= 0.6 is 0 Å². The quantitative estimate of drug-likeness (QED) is 0.209. The van der Waals surface area contributed by atoms with Crippen LogP contribution < -0.4 is 21.7 Å². The van der Waals surface area contributed by atoms with Gasteiger partial charge < -0.3 is 21.7 Å².